The number of urea groups is 1. The second kappa shape index (κ2) is 10.5. The maximum absolute atomic E-state index is 13.8. The zero-order chi connectivity index (χ0) is 24.9. The molecule has 1 heterocycles. The molecule has 0 aliphatic carbocycles. The number of hydrazone groups is 1. The van der Waals surface area contributed by atoms with Gasteiger partial charge in [0.25, 0.3) is 0 Å². The van der Waals surface area contributed by atoms with Crippen LogP contribution in [0.4, 0.5) is 10.5 Å². The zero-order valence-corrected chi connectivity index (χ0v) is 19.9. The molecule has 4 aromatic rings. The summed E-state index contributed by atoms with van der Waals surface area (Å²) in [5, 5.41) is 18.2. The molecule has 0 saturated carbocycles. The molecule has 0 saturated heterocycles. The summed E-state index contributed by atoms with van der Waals surface area (Å²) in [7, 11) is 0. The Kier molecular flexibility index (Phi) is 6.78. The van der Waals surface area contributed by atoms with Crippen molar-refractivity contribution in [3.8, 4) is 5.75 Å². The number of hydrogen-bond donors (Lipinski definition) is 2. The molecule has 36 heavy (non-hydrogen) atoms. The maximum Gasteiger partial charge on any atom is 0.345 e. The largest absolute Gasteiger partial charge is 0.508 e. The highest BCUT2D eigenvalue weighted by molar-refractivity contribution is 6.17. The third-order valence-electron chi connectivity index (χ3n) is 6.21. The van der Waals surface area contributed by atoms with E-state index in [1.807, 2.05) is 60.7 Å². The molecule has 0 unspecified atom stereocenters. The summed E-state index contributed by atoms with van der Waals surface area (Å²) in [6.45, 7) is 1.31. The Hall–Kier alpha value is -4.42. The minimum atomic E-state index is -0.183. The highest BCUT2D eigenvalue weighted by Gasteiger charge is 2.29. The number of benzene rings is 4. The van der Waals surface area contributed by atoms with E-state index in [0.29, 0.717) is 31.8 Å². The minimum Gasteiger partial charge on any atom is -0.508 e. The number of aromatic hydroxyl groups is 1. The van der Waals surface area contributed by atoms with Crippen LogP contribution >= 0.6 is 0 Å². The summed E-state index contributed by atoms with van der Waals surface area (Å²) in [6.07, 6.45) is 4.48. The Morgan fingerprint density at radius 3 is 2.42 bits per heavy atom. The van der Waals surface area contributed by atoms with Gasteiger partial charge in [-0.3, -0.25) is 4.90 Å². The maximum atomic E-state index is 13.8. The molecule has 4 aromatic carbocycles. The number of hydrogen-bond acceptors (Lipinski definition) is 4. The summed E-state index contributed by atoms with van der Waals surface area (Å²) >= 11 is 0. The van der Waals surface area contributed by atoms with Crippen LogP contribution in [0.25, 0.3) is 16.8 Å². The summed E-state index contributed by atoms with van der Waals surface area (Å²) in [6, 6.07) is 29.1. The Balaban J connectivity index is 1.55. The summed E-state index contributed by atoms with van der Waals surface area (Å²) < 4.78 is 0. The van der Waals surface area contributed by atoms with E-state index < -0.39 is 0 Å². The van der Waals surface area contributed by atoms with Gasteiger partial charge >= 0.3 is 6.03 Å². The van der Waals surface area contributed by atoms with Gasteiger partial charge < -0.3 is 10.8 Å². The Morgan fingerprint density at radius 1 is 0.861 bits per heavy atom. The molecule has 0 atom stereocenters. The van der Waals surface area contributed by atoms with Crippen molar-refractivity contribution in [3.05, 3.63) is 114 Å². The number of phenolic OH excluding ortho intramolecular Hbond substituents is 1. The van der Waals surface area contributed by atoms with Crippen LogP contribution in [0, 0.1) is 0 Å². The van der Waals surface area contributed by atoms with Gasteiger partial charge in [-0.25, -0.2) is 9.80 Å². The summed E-state index contributed by atoms with van der Waals surface area (Å²) in [5.74, 6) is 0.215. The lowest BCUT2D eigenvalue weighted by atomic mass is 10.0. The lowest BCUT2D eigenvalue weighted by molar-refractivity contribution is 0.206. The third-order valence-corrected chi connectivity index (χ3v) is 6.21. The van der Waals surface area contributed by atoms with Crippen molar-refractivity contribution in [3.63, 3.8) is 0 Å². The number of carbonyl (C=O) groups excluding carboxylic acids is 1. The Morgan fingerprint density at radius 2 is 1.61 bits per heavy atom. The highest BCUT2D eigenvalue weighted by atomic mass is 16.3. The number of carbonyl (C=O) groups is 1. The molecule has 0 spiro atoms. The van der Waals surface area contributed by atoms with Gasteiger partial charge in [-0.2, -0.15) is 5.10 Å². The molecule has 6 nitrogen and oxygen atoms in total. The number of amides is 2. The number of allylic oxidation sites excluding steroid dienone is 1. The van der Waals surface area contributed by atoms with Crippen LogP contribution in [0.15, 0.2) is 102 Å². The van der Waals surface area contributed by atoms with E-state index >= 15 is 0 Å². The van der Waals surface area contributed by atoms with Gasteiger partial charge in [-0.15, -0.1) is 0 Å². The van der Waals surface area contributed by atoms with Crippen molar-refractivity contribution in [2.45, 2.75) is 13.0 Å². The summed E-state index contributed by atoms with van der Waals surface area (Å²) in [4.78, 5) is 15.6. The fourth-order valence-electron chi connectivity index (χ4n) is 4.34. The molecule has 0 radical (unpaired) electrons. The quantitative estimate of drug-likeness (QED) is 0.356. The first kappa shape index (κ1) is 23.3. The van der Waals surface area contributed by atoms with Gasteiger partial charge in [-0.05, 0) is 65.2 Å². The molecule has 180 valence electrons. The van der Waals surface area contributed by atoms with Crippen LogP contribution in [0.5, 0.6) is 5.75 Å². The predicted octanol–water partition coefficient (Wildman–Crippen LogP) is 5.75. The smallest absolute Gasteiger partial charge is 0.345 e. The van der Waals surface area contributed by atoms with Crippen molar-refractivity contribution in [2.24, 2.45) is 10.8 Å². The average Bonchev–Trinajstić information content (AvgIpc) is 3.02. The SMILES string of the molecule is NCCCN1N=C(C=Cc2ccc(O)cc2)c2ccccc2N(Cc2ccc3ccccc3c2)C1=O. The van der Waals surface area contributed by atoms with E-state index in [2.05, 4.69) is 30.3 Å². The molecule has 5 rings (SSSR count). The molecule has 6 heteroatoms. The first-order valence-corrected chi connectivity index (χ1v) is 12.0. The van der Waals surface area contributed by atoms with E-state index in [1.54, 1.807) is 17.0 Å². The van der Waals surface area contributed by atoms with E-state index in [1.165, 1.54) is 10.4 Å². The third kappa shape index (κ3) is 4.99. The van der Waals surface area contributed by atoms with Gasteiger partial charge in [0.05, 0.1) is 17.9 Å². The number of nitrogens with zero attached hydrogens (tertiary/aromatic N) is 3. The van der Waals surface area contributed by atoms with Gasteiger partial charge in [0.15, 0.2) is 0 Å². The normalized spacial score (nSPS) is 13.7. The molecule has 3 N–H and O–H groups in total. The van der Waals surface area contributed by atoms with Crippen LogP contribution in [0.3, 0.4) is 0 Å². The standard InChI is InChI=1S/C30H28N4O2/c31-18-5-19-34-30(36)33(21-23-10-14-24-6-1-2-7-25(24)20-23)29-9-4-3-8-27(29)28(32-34)17-13-22-11-15-26(35)16-12-22/h1-4,6-17,20,35H,5,18-19,21,31H2. The Labute approximate surface area is 210 Å². The monoisotopic (exact) mass is 476 g/mol. The fourth-order valence-corrected chi connectivity index (χ4v) is 4.34. The fraction of sp³-hybridized carbons (Fsp3) is 0.133. The van der Waals surface area contributed by atoms with Crippen molar-refractivity contribution in [1.82, 2.24) is 5.01 Å². The van der Waals surface area contributed by atoms with E-state index in [0.717, 1.165) is 27.8 Å². The average molecular weight is 477 g/mol. The summed E-state index contributed by atoms with van der Waals surface area (Å²) in [5.41, 5.74) is 10.1. The first-order chi connectivity index (χ1) is 17.6. The van der Waals surface area contributed by atoms with E-state index in [9.17, 15) is 9.90 Å². The second-order valence-corrected chi connectivity index (χ2v) is 8.74. The van der Waals surface area contributed by atoms with Crippen molar-refractivity contribution in [1.29, 1.82) is 0 Å². The first-order valence-electron chi connectivity index (χ1n) is 12.0. The Bertz CT molecular complexity index is 1440. The van der Waals surface area contributed by atoms with Gasteiger partial charge in [0.2, 0.25) is 0 Å². The van der Waals surface area contributed by atoms with Crippen LogP contribution in [0.1, 0.15) is 23.1 Å². The molecule has 0 aromatic heterocycles. The van der Waals surface area contributed by atoms with Crippen LogP contribution in [-0.2, 0) is 6.54 Å². The zero-order valence-electron chi connectivity index (χ0n) is 19.9. The second-order valence-electron chi connectivity index (χ2n) is 8.74. The predicted molar refractivity (Wildman–Crippen MR) is 146 cm³/mol. The lowest BCUT2D eigenvalue weighted by Gasteiger charge is -2.26. The minimum absolute atomic E-state index is 0.183. The molecule has 0 fully saturated rings. The lowest BCUT2D eigenvalue weighted by Crippen LogP contribution is -2.40. The molecular formula is C30H28N4O2. The number of nitrogens with two attached hydrogens (primary N) is 1. The van der Waals surface area contributed by atoms with Crippen LogP contribution < -0.4 is 10.6 Å². The highest BCUT2D eigenvalue weighted by Crippen LogP contribution is 2.29. The van der Waals surface area contributed by atoms with Crippen molar-refractivity contribution in [2.75, 3.05) is 18.0 Å². The van der Waals surface area contributed by atoms with Crippen molar-refractivity contribution < 1.29 is 9.90 Å². The van der Waals surface area contributed by atoms with E-state index in [4.69, 9.17) is 10.8 Å². The molecule has 0 bridgehead atoms. The number of phenols is 1. The molecular weight excluding hydrogens is 448 g/mol. The van der Waals surface area contributed by atoms with E-state index in [-0.39, 0.29) is 11.8 Å². The van der Waals surface area contributed by atoms with Gasteiger partial charge in [0.1, 0.15) is 5.75 Å². The van der Waals surface area contributed by atoms with Gasteiger partial charge in [-0.1, -0.05) is 72.8 Å². The van der Waals surface area contributed by atoms with Crippen LogP contribution in [-0.4, -0.2) is 34.9 Å². The number of fused-ring (bicyclic) bond motifs is 2. The van der Waals surface area contributed by atoms with Crippen molar-refractivity contribution >= 4 is 34.3 Å². The number of rotatable bonds is 7. The number of para-hydroxylation sites is 1. The topological polar surface area (TPSA) is 82.2 Å². The molecule has 2 amide bonds. The number of anilines is 1. The molecule has 1 aliphatic rings. The molecule has 1 aliphatic heterocycles. The van der Waals surface area contributed by atoms with Crippen LogP contribution in [0.2, 0.25) is 0 Å². The van der Waals surface area contributed by atoms with Gasteiger partial charge in [0, 0.05) is 12.1 Å².